The van der Waals surface area contributed by atoms with Gasteiger partial charge < -0.3 is 20.1 Å². The normalized spacial score (nSPS) is 12.3. The van der Waals surface area contributed by atoms with Crippen LogP contribution in [-0.4, -0.2) is 46.7 Å². The maximum Gasteiger partial charge on any atom is 0.408 e. The molecule has 6 heteroatoms. The molecule has 1 rings (SSSR count). The molecule has 1 aromatic rings. The fourth-order valence-electron chi connectivity index (χ4n) is 3.18. The van der Waals surface area contributed by atoms with Gasteiger partial charge in [0.05, 0.1) is 0 Å². The van der Waals surface area contributed by atoms with E-state index in [2.05, 4.69) is 19.2 Å². The largest absolute Gasteiger partial charge is 0.508 e. The SMILES string of the molecule is CCCCCN(CCCCC)C(=O)[C@@H](Cc1ccc(O)cc1)NC(=O)OC(C)(C)C. The molecule has 0 spiro atoms. The molecule has 0 aliphatic carbocycles. The van der Waals surface area contributed by atoms with Gasteiger partial charge in [-0.1, -0.05) is 51.7 Å². The second-order valence-corrected chi connectivity index (χ2v) is 8.81. The Kier molecular flexibility index (Phi) is 11.3. The van der Waals surface area contributed by atoms with Crippen LogP contribution in [0.5, 0.6) is 5.75 Å². The molecule has 1 aromatic carbocycles. The number of alkyl carbamates (subject to hydrolysis) is 1. The van der Waals surface area contributed by atoms with Crippen molar-refractivity contribution in [2.45, 2.75) is 91.2 Å². The molecule has 1 atom stereocenters. The summed E-state index contributed by atoms with van der Waals surface area (Å²) in [6.45, 7) is 11.1. The van der Waals surface area contributed by atoms with Crippen LogP contribution >= 0.6 is 0 Å². The van der Waals surface area contributed by atoms with E-state index in [0.29, 0.717) is 19.5 Å². The van der Waals surface area contributed by atoms with E-state index in [1.54, 1.807) is 45.0 Å². The van der Waals surface area contributed by atoms with E-state index in [9.17, 15) is 14.7 Å². The molecule has 0 aromatic heterocycles. The zero-order valence-electron chi connectivity index (χ0n) is 19.4. The highest BCUT2D eigenvalue weighted by Gasteiger charge is 2.28. The van der Waals surface area contributed by atoms with Gasteiger partial charge in [-0.05, 0) is 51.3 Å². The van der Waals surface area contributed by atoms with Crippen molar-refractivity contribution in [3.05, 3.63) is 29.8 Å². The van der Waals surface area contributed by atoms with Gasteiger partial charge in [0.2, 0.25) is 5.91 Å². The van der Waals surface area contributed by atoms with E-state index in [1.807, 2.05) is 4.90 Å². The van der Waals surface area contributed by atoms with E-state index < -0.39 is 17.7 Å². The Balaban J connectivity index is 2.98. The maximum absolute atomic E-state index is 13.4. The molecular weight excluding hydrogens is 380 g/mol. The monoisotopic (exact) mass is 420 g/mol. The van der Waals surface area contributed by atoms with E-state index in [4.69, 9.17) is 4.74 Å². The highest BCUT2D eigenvalue weighted by atomic mass is 16.6. The quantitative estimate of drug-likeness (QED) is 0.465. The summed E-state index contributed by atoms with van der Waals surface area (Å²) < 4.78 is 5.39. The van der Waals surface area contributed by atoms with E-state index in [-0.39, 0.29) is 11.7 Å². The van der Waals surface area contributed by atoms with Crippen LogP contribution in [0, 0.1) is 0 Å². The van der Waals surface area contributed by atoms with Crippen LogP contribution in [-0.2, 0) is 16.0 Å². The molecule has 0 saturated heterocycles. The lowest BCUT2D eigenvalue weighted by Crippen LogP contribution is -2.51. The standard InChI is InChI=1S/C24H40N2O4/c1-6-8-10-16-26(17-11-9-7-2)22(28)21(25-23(29)30-24(3,4)5)18-19-12-14-20(27)15-13-19/h12-15,21,27H,6-11,16-18H2,1-5H3,(H,25,29)/t21-/m1/s1. The number of unbranched alkanes of at least 4 members (excludes halogenated alkanes) is 4. The van der Waals surface area contributed by atoms with Gasteiger partial charge in [0, 0.05) is 19.5 Å². The number of ether oxygens (including phenoxy) is 1. The summed E-state index contributed by atoms with van der Waals surface area (Å²) in [4.78, 5) is 27.7. The predicted octanol–water partition coefficient (Wildman–Crippen LogP) is 5.04. The first-order valence-electron chi connectivity index (χ1n) is 11.2. The minimum absolute atomic E-state index is 0.0823. The first-order chi connectivity index (χ1) is 14.2. The lowest BCUT2D eigenvalue weighted by molar-refractivity contribution is -0.133. The Morgan fingerprint density at radius 3 is 2.00 bits per heavy atom. The molecule has 0 saturated carbocycles. The summed E-state index contributed by atoms with van der Waals surface area (Å²) >= 11 is 0. The van der Waals surface area contributed by atoms with Gasteiger partial charge >= 0.3 is 6.09 Å². The summed E-state index contributed by atoms with van der Waals surface area (Å²) in [6, 6.07) is 6.00. The highest BCUT2D eigenvalue weighted by molar-refractivity contribution is 5.86. The second kappa shape index (κ2) is 13.1. The minimum atomic E-state index is -0.715. The Hall–Kier alpha value is -2.24. The Bertz CT molecular complexity index is 628. The van der Waals surface area contributed by atoms with Gasteiger partial charge in [0.25, 0.3) is 0 Å². The number of hydrogen-bond donors (Lipinski definition) is 2. The molecule has 0 heterocycles. The topological polar surface area (TPSA) is 78.9 Å². The Morgan fingerprint density at radius 1 is 1.00 bits per heavy atom. The van der Waals surface area contributed by atoms with E-state index >= 15 is 0 Å². The molecule has 0 aliphatic heterocycles. The van der Waals surface area contributed by atoms with Crippen LogP contribution in [0.25, 0.3) is 0 Å². The van der Waals surface area contributed by atoms with Crippen molar-refractivity contribution < 1.29 is 19.4 Å². The van der Waals surface area contributed by atoms with Gasteiger partial charge in [-0.2, -0.15) is 0 Å². The smallest absolute Gasteiger partial charge is 0.408 e. The average molecular weight is 421 g/mol. The van der Waals surface area contributed by atoms with Crippen molar-refractivity contribution in [3.8, 4) is 5.75 Å². The lowest BCUT2D eigenvalue weighted by Gasteiger charge is -2.29. The molecule has 0 fully saturated rings. The van der Waals surface area contributed by atoms with Crippen LogP contribution in [0.1, 0.15) is 78.7 Å². The number of aromatic hydroxyl groups is 1. The molecule has 0 aliphatic rings. The first-order valence-corrected chi connectivity index (χ1v) is 11.2. The molecule has 2 amide bonds. The zero-order valence-corrected chi connectivity index (χ0v) is 19.4. The number of phenolic OH excluding ortho intramolecular Hbond substituents is 1. The first kappa shape index (κ1) is 25.8. The molecule has 0 radical (unpaired) electrons. The number of carbonyl (C=O) groups is 2. The van der Waals surface area contributed by atoms with Crippen molar-refractivity contribution >= 4 is 12.0 Å². The fourth-order valence-corrected chi connectivity index (χ4v) is 3.18. The molecule has 30 heavy (non-hydrogen) atoms. The second-order valence-electron chi connectivity index (χ2n) is 8.81. The zero-order chi connectivity index (χ0) is 22.6. The van der Waals surface area contributed by atoms with Crippen LogP contribution in [0.2, 0.25) is 0 Å². The van der Waals surface area contributed by atoms with Crippen molar-refractivity contribution in [1.29, 1.82) is 0 Å². The van der Waals surface area contributed by atoms with E-state index in [1.165, 1.54) is 0 Å². The number of nitrogens with one attached hydrogen (secondary N) is 1. The minimum Gasteiger partial charge on any atom is -0.508 e. The van der Waals surface area contributed by atoms with Crippen molar-refractivity contribution in [1.82, 2.24) is 10.2 Å². The third-order valence-corrected chi connectivity index (χ3v) is 4.74. The van der Waals surface area contributed by atoms with Crippen LogP contribution < -0.4 is 5.32 Å². The Morgan fingerprint density at radius 2 is 1.53 bits per heavy atom. The summed E-state index contributed by atoms with van der Waals surface area (Å²) in [6.07, 6.45) is 5.96. The van der Waals surface area contributed by atoms with Crippen molar-refractivity contribution in [2.24, 2.45) is 0 Å². The van der Waals surface area contributed by atoms with Gasteiger partial charge in [-0.15, -0.1) is 0 Å². The maximum atomic E-state index is 13.4. The molecule has 0 unspecified atom stereocenters. The number of amides is 2. The molecule has 170 valence electrons. The van der Waals surface area contributed by atoms with Crippen molar-refractivity contribution in [2.75, 3.05) is 13.1 Å². The van der Waals surface area contributed by atoms with Gasteiger partial charge in [0.15, 0.2) is 0 Å². The van der Waals surface area contributed by atoms with Crippen LogP contribution in [0.15, 0.2) is 24.3 Å². The highest BCUT2D eigenvalue weighted by Crippen LogP contribution is 2.14. The third-order valence-electron chi connectivity index (χ3n) is 4.74. The molecular formula is C24H40N2O4. The summed E-state index contributed by atoms with van der Waals surface area (Å²) in [5.74, 6) is 0.0867. The van der Waals surface area contributed by atoms with E-state index in [0.717, 1.165) is 44.1 Å². The van der Waals surface area contributed by atoms with Crippen LogP contribution in [0.4, 0.5) is 4.79 Å². The Labute approximate surface area is 182 Å². The van der Waals surface area contributed by atoms with Gasteiger partial charge in [0.1, 0.15) is 17.4 Å². The summed E-state index contributed by atoms with van der Waals surface area (Å²) in [5.41, 5.74) is 0.224. The number of benzene rings is 1. The number of hydrogen-bond acceptors (Lipinski definition) is 4. The van der Waals surface area contributed by atoms with Gasteiger partial charge in [-0.25, -0.2) is 4.79 Å². The molecule has 0 bridgehead atoms. The summed E-state index contributed by atoms with van der Waals surface area (Å²) in [7, 11) is 0. The number of phenols is 1. The third kappa shape index (κ3) is 10.5. The average Bonchev–Trinajstić information content (AvgIpc) is 2.66. The van der Waals surface area contributed by atoms with Crippen LogP contribution in [0.3, 0.4) is 0 Å². The summed E-state index contributed by atoms with van der Waals surface area (Å²) in [5, 5.41) is 12.3. The number of nitrogens with zero attached hydrogens (tertiary/aromatic N) is 1. The van der Waals surface area contributed by atoms with Gasteiger partial charge in [-0.3, -0.25) is 4.79 Å². The van der Waals surface area contributed by atoms with Crippen molar-refractivity contribution in [3.63, 3.8) is 0 Å². The lowest BCUT2D eigenvalue weighted by atomic mass is 10.0. The fraction of sp³-hybridized carbons (Fsp3) is 0.667. The number of carbonyl (C=O) groups excluding carboxylic acids is 2. The molecule has 2 N–H and O–H groups in total. The predicted molar refractivity (Wildman–Crippen MR) is 121 cm³/mol. The molecule has 6 nitrogen and oxygen atoms in total. The number of rotatable bonds is 12.